The first-order valence-electron chi connectivity index (χ1n) is 6.84. The van der Waals surface area contributed by atoms with Gasteiger partial charge in [-0.1, -0.05) is 25.1 Å². The summed E-state index contributed by atoms with van der Waals surface area (Å²) in [7, 11) is 1.69. The van der Waals surface area contributed by atoms with Gasteiger partial charge in [-0.05, 0) is 41.1 Å². The highest BCUT2D eigenvalue weighted by atomic mass is 32.1. The van der Waals surface area contributed by atoms with Crippen molar-refractivity contribution < 1.29 is 4.74 Å². The summed E-state index contributed by atoms with van der Waals surface area (Å²) >= 11 is 3.44. The van der Waals surface area contributed by atoms with E-state index in [0.29, 0.717) is 0 Å². The van der Waals surface area contributed by atoms with Crippen molar-refractivity contribution in [2.75, 3.05) is 12.8 Å². The molecule has 2 heterocycles. The maximum Gasteiger partial charge on any atom is 0.119 e. The van der Waals surface area contributed by atoms with Gasteiger partial charge in [0.05, 0.1) is 17.0 Å². The molecular weight excluding hydrogens is 298 g/mol. The van der Waals surface area contributed by atoms with Crippen LogP contribution >= 0.6 is 22.7 Å². The van der Waals surface area contributed by atoms with E-state index >= 15 is 0 Å². The van der Waals surface area contributed by atoms with Crippen molar-refractivity contribution >= 4 is 27.7 Å². The van der Waals surface area contributed by atoms with Crippen LogP contribution in [0.15, 0.2) is 41.8 Å². The second kappa shape index (κ2) is 5.92. The Kier molecular flexibility index (Phi) is 3.99. The molecule has 108 valence electrons. The van der Waals surface area contributed by atoms with Gasteiger partial charge in [-0.2, -0.15) is 0 Å². The molecule has 2 nitrogen and oxygen atoms in total. The molecule has 0 amide bonds. The molecule has 0 aliphatic rings. The molecule has 3 aromatic rings. The Bertz CT molecular complexity index is 744. The van der Waals surface area contributed by atoms with Crippen LogP contribution in [0, 0.1) is 0 Å². The van der Waals surface area contributed by atoms with Gasteiger partial charge in [-0.3, -0.25) is 0 Å². The van der Waals surface area contributed by atoms with E-state index in [1.807, 2.05) is 12.1 Å². The molecule has 2 aromatic heterocycles. The zero-order valence-corrected chi connectivity index (χ0v) is 13.7. The predicted molar refractivity (Wildman–Crippen MR) is 93.4 cm³/mol. The van der Waals surface area contributed by atoms with Crippen LogP contribution in [0.2, 0.25) is 0 Å². The average molecular weight is 315 g/mol. The van der Waals surface area contributed by atoms with E-state index in [-0.39, 0.29) is 0 Å². The SMILES string of the molecule is CCc1c(-c2cccs2)sc(N)c1-c1cccc(OC)c1. The smallest absolute Gasteiger partial charge is 0.119 e. The molecule has 0 bridgehead atoms. The standard InChI is InChI=1S/C17H17NOS2/c1-3-13-15(11-6-4-7-12(10-11)19-2)17(18)21-16(13)14-8-5-9-20-14/h4-10H,3,18H2,1-2H3. The molecular formula is C17H17NOS2. The van der Waals surface area contributed by atoms with Crippen LogP contribution < -0.4 is 10.5 Å². The van der Waals surface area contributed by atoms with Gasteiger partial charge in [0.15, 0.2) is 0 Å². The number of nitrogens with two attached hydrogens (primary N) is 1. The van der Waals surface area contributed by atoms with E-state index in [1.54, 1.807) is 29.8 Å². The largest absolute Gasteiger partial charge is 0.497 e. The normalized spacial score (nSPS) is 10.8. The summed E-state index contributed by atoms with van der Waals surface area (Å²) in [5.41, 5.74) is 9.94. The first-order valence-corrected chi connectivity index (χ1v) is 8.53. The molecule has 21 heavy (non-hydrogen) atoms. The summed E-state index contributed by atoms with van der Waals surface area (Å²) in [4.78, 5) is 2.58. The van der Waals surface area contributed by atoms with Gasteiger partial charge >= 0.3 is 0 Å². The highest BCUT2D eigenvalue weighted by molar-refractivity contribution is 7.24. The molecule has 0 aliphatic heterocycles. The lowest BCUT2D eigenvalue weighted by atomic mass is 9.99. The van der Waals surface area contributed by atoms with Gasteiger partial charge in [0.1, 0.15) is 5.75 Å². The minimum absolute atomic E-state index is 0.859. The second-order valence-electron chi connectivity index (χ2n) is 4.71. The van der Waals surface area contributed by atoms with Crippen LogP contribution in [0.4, 0.5) is 5.00 Å². The van der Waals surface area contributed by atoms with Gasteiger partial charge in [0, 0.05) is 10.4 Å². The summed E-state index contributed by atoms with van der Waals surface area (Å²) in [6.45, 7) is 2.18. The molecule has 0 unspecified atom stereocenters. The van der Waals surface area contributed by atoms with Crippen molar-refractivity contribution in [3.63, 3.8) is 0 Å². The topological polar surface area (TPSA) is 35.2 Å². The van der Waals surface area contributed by atoms with Crippen molar-refractivity contribution in [1.29, 1.82) is 0 Å². The fraction of sp³-hybridized carbons (Fsp3) is 0.176. The molecule has 0 saturated carbocycles. The highest BCUT2D eigenvalue weighted by Gasteiger charge is 2.18. The van der Waals surface area contributed by atoms with Gasteiger partial charge in [-0.25, -0.2) is 0 Å². The third-order valence-electron chi connectivity index (χ3n) is 3.49. The van der Waals surface area contributed by atoms with Crippen molar-refractivity contribution in [2.24, 2.45) is 0 Å². The lowest BCUT2D eigenvalue weighted by Gasteiger charge is -2.07. The van der Waals surface area contributed by atoms with Gasteiger partial charge in [0.25, 0.3) is 0 Å². The molecule has 0 radical (unpaired) electrons. The Morgan fingerprint density at radius 3 is 2.71 bits per heavy atom. The third kappa shape index (κ3) is 2.57. The van der Waals surface area contributed by atoms with Crippen molar-refractivity contribution in [3.8, 4) is 26.6 Å². The summed E-state index contributed by atoms with van der Waals surface area (Å²) < 4.78 is 5.33. The van der Waals surface area contributed by atoms with E-state index < -0.39 is 0 Å². The van der Waals surface area contributed by atoms with E-state index in [4.69, 9.17) is 10.5 Å². The van der Waals surface area contributed by atoms with Crippen molar-refractivity contribution in [1.82, 2.24) is 0 Å². The molecule has 0 spiro atoms. The van der Waals surface area contributed by atoms with Crippen LogP contribution in [0.3, 0.4) is 0 Å². The predicted octanol–water partition coefficient (Wildman–Crippen LogP) is 5.30. The quantitative estimate of drug-likeness (QED) is 0.709. The third-order valence-corrected chi connectivity index (χ3v) is 5.60. The molecule has 4 heteroatoms. The fourth-order valence-corrected chi connectivity index (χ4v) is 4.59. The number of hydrogen-bond acceptors (Lipinski definition) is 4. The van der Waals surface area contributed by atoms with Gasteiger partial charge in [-0.15, -0.1) is 22.7 Å². The fourth-order valence-electron chi connectivity index (χ4n) is 2.52. The Labute approximate surface area is 132 Å². The maximum atomic E-state index is 6.33. The van der Waals surface area contributed by atoms with Gasteiger partial charge < -0.3 is 10.5 Å². The molecule has 0 saturated heterocycles. The van der Waals surface area contributed by atoms with Gasteiger partial charge in [0.2, 0.25) is 0 Å². The van der Waals surface area contributed by atoms with Crippen LogP contribution in [0.1, 0.15) is 12.5 Å². The molecule has 0 aliphatic carbocycles. The minimum atomic E-state index is 0.859. The number of thiophene rings is 2. The molecule has 3 rings (SSSR count). The summed E-state index contributed by atoms with van der Waals surface area (Å²) in [6.07, 6.45) is 0.966. The summed E-state index contributed by atoms with van der Waals surface area (Å²) in [6, 6.07) is 12.4. The first kappa shape index (κ1) is 14.2. The number of anilines is 1. The lowest BCUT2D eigenvalue weighted by Crippen LogP contribution is -1.90. The number of rotatable bonds is 4. The van der Waals surface area contributed by atoms with E-state index in [1.165, 1.54) is 15.3 Å². The zero-order chi connectivity index (χ0) is 14.8. The maximum absolute atomic E-state index is 6.33. The van der Waals surface area contributed by atoms with E-state index in [9.17, 15) is 0 Å². The summed E-state index contributed by atoms with van der Waals surface area (Å²) in [5, 5.41) is 2.99. The number of benzene rings is 1. The molecule has 0 atom stereocenters. The Morgan fingerprint density at radius 1 is 1.19 bits per heavy atom. The Morgan fingerprint density at radius 2 is 2.05 bits per heavy atom. The zero-order valence-electron chi connectivity index (χ0n) is 12.1. The van der Waals surface area contributed by atoms with Crippen LogP contribution in [0.5, 0.6) is 5.75 Å². The molecule has 2 N–H and O–H groups in total. The summed E-state index contributed by atoms with van der Waals surface area (Å²) in [5.74, 6) is 0.859. The monoisotopic (exact) mass is 315 g/mol. The molecule has 0 fully saturated rings. The minimum Gasteiger partial charge on any atom is -0.497 e. The molecule has 1 aromatic carbocycles. The van der Waals surface area contributed by atoms with Crippen molar-refractivity contribution in [2.45, 2.75) is 13.3 Å². The van der Waals surface area contributed by atoms with E-state index in [2.05, 4.69) is 36.6 Å². The van der Waals surface area contributed by atoms with Crippen molar-refractivity contribution in [3.05, 3.63) is 47.3 Å². The highest BCUT2D eigenvalue weighted by Crippen LogP contribution is 2.46. The van der Waals surface area contributed by atoms with Crippen LogP contribution in [-0.4, -0.2) is 7.11 Å². The average Bonchev–Trinajstić information content (AvgIpc) is 3.14. The lowest BCUT2D eigenvalue weighted by molar-refractivity contribution is 0.415. The first-order chi connectivity index (χ1) is 10.2. The second-order valence-corrected chi connectivity index (χ2v) is 6.71. The Balaban J connectivity index is 2.18. The number of methoxy groups -OCH3 is 1. The number of hydrogen-bond donors (Lipinski definition) is 1. The number of ether oxygens (including phenoxy) is 1. The van der Waals surface area contributed by atoms with Crippen LogP contribution in [-0.2, 0) is 6.42 Å². The number of nitrogen functional groups attached to an aromatic ring is 1. The van der Waals surface area contributed by atoms with Crippen LogP contribution in [0.25, 0.3) is 20.9 Å². The Hall–Kier alpha value is -1.78. The van der Waals surface area contributed by atoms with E-state index in [0.717, 1.165) is 28.3 Å².